The molecular formula is C20H24N2O2. The molecule has 2 aromatic carbocycles. The molecule has 0 spiro atoms. The first-order valence-corrected chi connectivity index (χ1v) is 8.12. The van der Waals surface area contributed by atoms with E-state index >= 15 is 0 Å². The van der Waals surface area contributed by atoms with Gasteiger partial charge in [0.2, 0.25) is 11.8 Å². The van der Waals surface area contributed by atoms with Crippen LogP contribution in [0.4, 0.5) is 11.4 Å². The largest absolute Gasteiger partial charge is 0.324 e. The van der Waals surface area contributed by atoms with Crippen LogP contribution < -0.4 is 10.2 Å². The van der Waals surface area contributed by atoms with Crippen LogP contribution >= 0.6 is 0 Å². The third-order valence-electron chi connectivity index (χ3n) is 3.97. The van der Waals surface area contributed by atoms with Crippen molar-refractivity contribution in [3.63, 3.8) is 0 Å². The van der Waals surface area contributed by atoms with Gasteiger partial charge >= 0.3 is 0 Å². The Hall–Kier alpha value is -2.62. The number of aryl methyl sites for hydroxylation is 1. The van der Waals surface area contributed by atoms with Crippen molar-refractivity contribution in [2.75, 3.05) is 16.8 Å². The molecule has 4 heteroatoms. The van der Waals surface area contributed by atoms with E-state index in [0.29, 0.717) is 5.92 Å². The molecular weight excluding hydrogens is 300 g/mol. The van der Waals surface area contributed by atoms with Crippen LogP contribution in [0.15, 0.2) is 48.5 Å². The Morgan fingerprint density at radius 3 is 2.21 bits per heavy atom. The van der Waals surface area contributed by atoms with Crippen LogP contribution in [0.1, 0.15) is 37.8 Å². The van der Waals surface area contributed by atoms with E-state index < -0.39 is 0 Å². The minimum Gasteiger partial charge on any atom is -0.324 e. The molecule has 0 fully saturated rings. The molecule has 0 aliphatic heterocycles. The monoisotopic (exact) mass is 324 g/mol. The van der Waals surface area contributed by atoms with Gasteiger partial charge in [-0.3, -0.25) is 9.59 Å². The van der Waals surface area contributed by atoms with Gasteiger partial charge in [-0.1, -0.05) is 44.2 Å². The Kier molecular flexibility index (Phi) is 5.74. The third-order valence-corrected chi connectivity index (χ3v) is 3.97. The van der Waals surface area contributed by atoms with Crippen LogP contribution in [-0.4, -0.2) is 18.4 Å². The van der Waals surface area contributed by atoms with Gasteiger partial charge in [0.05, 0.1) is 0 Å². The molecule has 2 amide bonds. The van der Waals surface area contributed by atoms with Crippen molar-refractivity contribution < 1.29 is 9.59 Å². The predicted octanol–water partition coefficient (Wildman–Crippen LogP) is 4.11. The molecule has 2 rings (SSSR count). The number of amides is 2. The van der Waals surface area contributed by atoms with Crippen molar-refractivity contribution >= 4 is 23.2 Å². The summed E-state index contributed by atoms with van der Waals surface area (Å²) in [6, 6.07) is 15.3. The van der Waals surface area contributed by atoms with Crippen LogP contribution in [0.25, 0.3) is 0 Å². The average molecular weight is 324 g/mol. The summed E-state index contributed by atoms with van der Waals surface area (Å²) < 4.78 is 0. The number of anilines is 2. The van der Waals surface area contributed by atoms with E-state index in [1.165, 1.54) is 17.4 Å². The van der Waals surface area contributed by atoms with Crippen molar-refractivity contribution in [1.82, 2.24) is 0 Å². The first-order valence-electron chi connectivity index (χ1n) is 8.12. The molecule has 24 heavy (non-hydrogen) atoms. The third kappa shape index (κ3) is 4.44. The molecule has 0 aliphatic rings. The maximum atomic E-state index is 12.3. The van der Waals surface area contributed by atoms with E-state index in [9.17, 15) is 9.59 Å². The lowest BCUT2D eigenvalue weighted by Crippen LogP contribution is -2.36. The molecule has 0 unspecified atom stereocenters. The van der Waals surface area contributed by atoms with E-state index in [0.717, 1.165) is 16.9 Å². The predicted molar refractivity (Wildman–Crippen MR) is 98.4 cm³/mol. The minimum absolute atomic E-state index is 0.00923. The second-order valence-corrected chi connectivity index (χ2v) is 6.21. The van der Waals surface area contributed by atoms with Gasteiger partial charge in [0.15, 0.2) is 0 Å². The summed E-state index contributed by atoms with van der Waals surface area (Å²) in [5, 5.41) is 2.86. The van der Waals surface area contributed by atoms with Crippen molar-refractivity contribution in [3.05, 3.63) is 59.7 Å². The number of carbonyl (C=O) groups is 2. The summed E-state index contributed by atoms with van der Waals surface area (Å²) in [7, 11) is 0. The number of para-hydroxylation sites is 1. The molecule has 126 valence electrons. The molecule has 2 aromatic rings. The molecule has 0 aromatic heterocycles. The standard InChI is InChI=1S/C20H24N2O2/c1-14(2)17-9-11-18(12-10-17)22(16(4)23)13-20(24)21-19-8-6-5-7-15(19)3/h5-12,14H,13H2,1-4H3,(H,21,24). The second-order valence-electron chi connectivity index (χ2n) is 6.21. The highest BCUT2D eigenvalue weighted by atomic mass is 16.2. The summed E-state index contributed by atoms with van der Waals surface area (Å²) in [4.78, 5) is 25.8. The number of carbonyl (C=O) groups excluding carboxylic acids is 2. The van der Waals surface area contributed by atoms with Crippen molar-refractivity contribution in [3.8, 4) is 0 Å². The fraction of sp³-hybridized carbons (Fsp3) is 0.300. The number of hydrogen-bond donors (Lipinski definition) is 1. The number of benzene rings is 2. The van der Waals surface area contributed by atoms with Gasteiger partial charge in [0, 0.05) is 18.3 Å². The lowest BCUT2D eigenvalue weighted by Gasteiger charge is -2.21. The number of nitrogens with one attached hydrogen (secondary N) is 1. The normalized spacial score (nSPS) is 10.5. The van der Waals surface area contributed by atoms with Crippen LogP contribution in [-0.2, 0) is 9.59 Å². The second kappa shape index (κ2) is 7.77. The highest BCUT2D eigenvalue weighted by Gasteiger charge is 2.16. The average Bonchev–Trinajstić information content (AvgIpc) is 2.54. The molecule has 0 saturated heterocycles. The number of rotatable bonds is 5. The first kappa shape index (κ1) is 17.7. The fourth-order valence-electron chi connectivity index (χ4n) is 2.47. The Bertz CT molecular complexity index is 721. The smallest absolute Gasteiger partial charge is 0.244 e. The molecule has 0 radical (unpaired) electrons. The number of hydrogen-bond acceptors (Lipinski definition) is 2. The minimum atomic E-state index is -0.215. The van der Waals surface area contributed by atoms with Gasteiger partial charge in [0.1, 0.15) is 6.54 Å². The van der Waals surface area contributed by atoms with Crippen molar-refractivity contribution in [1.29, 1.82) is 0 Å². The molecule has 4 nitrogen and oxygen atoms in total. The Balaban J connectivity index is 2.12. The quantitative estimate of drug-likeness (QED) is 0.900. The van der Waals surface area contributed by atoms with Gasteiger partial charge in [-0.2, -0.15) is 0 Å². The van der Waals surface area contributed by atoms with E-state index in [2.05, 4.69) is 19.2 Å². The van der Waals surface area contributed by atoms with Crippen molar-refractivity contribution in [2.45, 2.75) is 33.6 Å². The zero-order chi connectivity index (χ0) is 17.7. The zero-order valence-corrected chi connectivity index (χ0v) is 14.7. The van der Waals surface area contributed by atoms with Crippen LogP contribution in [0.3, 0.4) is 0 Å². The molecule has 0 aliphatic carbocycles. The fourth-order valence-corrected chi connectivity index (χ4v) is 2.47. The first-order chi connectivity index (χ1) is 11.4. The molecule has 0 heterocycles. The van der Waals surface area contributed by atoms with E-state index in [1.54, 1.807) is 0 Å². The summed E-state index contributed by atoms with van der Waals surface area (Å²) >= 11 is 0. The van der Waals surface area contributed by atoms with E-state index in [-0.39, 0.29) is 18.4 Å². The summed E-state index contributed by atoms with van der Waals surface area (Å²) in [6.07, 6.45) is 0. The van der Waals surface area contributed by atoms with Gasteiger partial charge < -0.3 is 10.2 Å². The van der Waals surface area contributed by atoms with Gasteiger partial charge in [-0.05, 0) is 42.2 Å². The van der Waals surface area contributed by atoms with Crippen molar-refractivity contribution in [2.24, 2.45) is 0 Å². The molecule has 0 bridgehead atoms. The van der Waals surface area contributed by atoms with Gasteiger partial charge in [-0.25, -0.2) is 0 Å². The lowest BCUT2D eigenvalue weighted by molar-refractivity contribution is -0.120. The lowest BCUT2D eigenvalue weighted by atomic mass is 10.0. The highest BCUT2D eigenvalue weighted by Crippen LogP contribution is 2.20. The highest BCUT2D eigenvalue weighted by molar-refractivity contribution is 6.02. The topological polar surface area (TPSA) is 49.4 Å². The maximum absolute atomic E-state index is 12.3. The summed E-state index contributed by atoms with van der Waals surface area (Å²) in [6.45, 7) is 7.63. The summed E-state index contributed by atoms with van der Waals surface area (Å²) in [5.74, 6) is 0.0499. The van der Waals surface area contributed by atoms with Crippen LogP contribution in [0.5, 0.6) is 0 Å². The van der Waals surface area contributed by atoms with Gasteiger partial charge in [0.25, 0.3) is 0 Å². The van der Waals surface area contributed by atoms with Crippen LogP contribution in [0.2, 0.25) is 0 Å². The van der Waals surface area contributed by atoms with Gasteiger partial charge in [-0.15, -0.1) is 0 Å². The maximum Gasteiger partial charge on any atom is 0.244 e. The summed E-state index contributed by atoms with van der Waals surface area (Å²) in [5.41, 5.74) is 3.68. The van der Waals surface area contributed by atoms with Crippen LogP contribution in [0, 0.1) is 6.92 Å². The zero-order valence-electron chi connectivity index (χ0n) is 14.7. The molecule has 0 saturated carbocycles. The Morgan fingerprint density at radius 1 is 1.04 bits per heavy atom. The Labute approximate surface area is 143 Å². The molecule has 1 N–H and O–H groups in total. The molecule has 0 atom stereocenters. The Morgan fingerprint density at radius 2 is 1.67 bits per heavy atom. The van der Waals surface area contributed by atoms with E-state index in [1.807, 2.05) is 55.5 Å². The van der Waals surface area contributed by atoms with E-state index in [4.69, 9.17) is 0 Å². The number of nitrogens with zero attached hydrogens (tertiary/aromatic N) is 1. The SMILES string of the molecule is CC(=O)N(CC(=O)Nc1ccccc1C)c1ccc(C(C)C)cc1.